The number of amides is 3. The number of carbonyl (C=O) groups excluding carboxylic acids is 3. The minimum atomic E-state index is -0.281. The van der Waals surface area contributed by atoms with Gasteiger partial charge in [-0.25, -0.2) is 0 Å². The summed E-state index contributed by atoms with van der Waals surface area (Å²) in [6.07, 6.45) is 6.38. The topological polar surface area (TPSA) is 87.3 Å². The van der Waals surface area contributed by atoms with Crippen LogP contribution >= 0.6 is 0 Å². The molecule has 1 saturated carbocycles. The number of nitrogens with one attached hydrogen (secondary N) is 3. The zero-order valence-corrected chi connectivity index (χ0v) is 14.1. The van der Waals surface area contributed by atoms with Crippen molar-refractivity contribution >= 4 is 23.4 Å². The molecule has 0 unspecified atom stereocenters. The second kappa shape index (κ2) is 9.05. The number of carbonyl (C=O) groups is 3. The molecule has 0 heterocycles. The van der Waals surface area contributed by atoms with E-state index in [1.807, 2.05) is 0 Å². The molecule has 1 aliphatic rings. The van der Waals surface area contributed by atoms with Crippen molar-refractivity contribution in [2.24, 2.45) is 5.92 Å². The number of hydrogen-bond acceptors (Lipinski definition) is 3. The molecular formula is C18H25N3O3. The maximum Gasteiger partial charge on any atom is 0.251 e. The van der Waals surface area contributed by atoms with E-state index >= 15 is 0 Å². The van der Waals surface area contributed by atoms with E-state index in [0.717, 1.165) is 6.42 Å². The summed E-state index contributed by atoms with van der Waals surface area (Å²) < 4.78 is 0. The zero-order chi connectivity index (χ0) is 17.4. The molecule has 130 valence electrons. The number of hydrogen-bond donors (Lipinski definition) is 3. The predicted octanol–water partition coefficient (Wildman–Crippen LogP) is 2.07. The van der Waals surface area contributed by atoms with E-state index in [-0.39, 0.29) is 24.3 Å². The predicted molar refractivity (Wildman–Crippen MR) is 92.7 cm³/mol. The maximum absolute atomic E-state index is 11.8. The van der Waals surface area contributed by atoms with Crippen LogP contribution in [0.1, 0.15) is 48.9 Å². The fourth-order valence-corrected chi connectivity index (χ4v) is 2.96. The van der Waals surface area contributed by atoms with E-state index < -0.39 is 0 Å². The molecule has 6 nitrogen and oxygen atoms in total. The molecular weight excluding hydrogens is 306 g/mol. The molecule has 0 saturated heterocycles. The molecule has 6 heteroatoms. The van der Waals surface area contributed by atoms with Crippen LogP contribution in [0.25, 0.3) is 0 Å². The van der Waals surface area contributed by atoms with E-state index in [2.05, 4.69) is 16.0 Å². The summed E-state index contributed by atoms with van der Waals surface area (Å²) in [6.45, 7) is -0.0410. The fourth-order valence-electron chi connectivity index (χ4n) is 2.96. The van der Waals surface area contributed by atoms with Crippen LogP contribution in [0, 0.1) is 5.92 Å². The fraction of sp³-hybridized carbons (Fsp3) is 0.500. The van der Waals surface area contributed by atoms with Gasteiger partial charge in [-0.05, 0) is 36.6 Å². The Morgan fingerprint density at radius 1 is 1.04 bits per heavy atom. The molecule has 24 heavy (non-hydrogen) atoms. The van der Waals surface area contributed by atoms with Gasteiger partial charge >= 0.3 is 0 Å². The second-order valence-electron chi connectivity index (χ2n) is 6.17. The summed E-state index contributed by atoms with van der Waals surface area (Å²) in [5.41, 5.74) is 1.11. The lowest BCUT2D eigenvalue weighted by Gasteiger charge is -2.10. The van der Waals surface area contributed by atoms with Crippen molar-refractivity contribution in [3.63, 3.8) is 0 Å². The lowest BCUT2D eigenvalue weighted by atomic mass is 10.0. The Balaban J connectivity index is 1.68. The third-order valence-electron chi connectivity index (χ3n) is 4.36. The van der Waals surface area contributed by atoms with Crippen LogP contribution in [0.5, 0.6) is 0 Å². The van der Waals surface area contributed by atoms with Gasteiger partial charge in [0.25, 0.3) is 5.91 Å². The van der Waals surface area contributed by atoms with Crippen molar-refractivity contribution in [1.82, 2.24) is 10.6 Å². The van der Waals surface area contributed by atoms with Gasteiger partial charge in [-0.15, -0.1) is 0 Å². The van der Waals surface area contributed by atoms with Crippen molar-refractivity contribution in [1.29, 1.82) is 0 Å². The van der Waals surface area contributed by atoms with E-state index in [4.69, 9.17) is 0 Å². The normalized spacial score (nSPS) is 14.2. The molecule has 3 amide bonds. The summed E-state index contributed by atoms with van der Waals surface area (Å²) in [5.74, 6) is 0.134. The zero-order valence-electron chi connectivity index (χ0n) is 14.1. The minimum Gasteiger partial charge on any atom is -0.355 e. The monoisotopic (exact) mass is 331 g/mol. The highest BCUT2D eigenvalue weighted by molar-refractivity contribution is 5.96. The molecule has 1 aromatic rings. The molecule has 0 bridgehead atoms. The summed E-state index contributed by atoms with van der Waals surface area (Å²) in [5, 5.41) is 7.88. The van der Waals surface area contributed by atoms with Gasteiger partial charge in [0.1, 0.15) is 0 Å². The van der Waals surface area contributed by atoms with Gasteiger partial charge in [0.15, 0.2) is 0 Å². The Hall–Kier alpha value is -2.37. The highest BCUT2D eigenvalue weighted by atomic mass is 16.2. The van der Waals surface area contributed by atoms with Crippen LogP contribution in [0.15, 0.2) is 24.3 Å². The third-order valence-corrected chi connectivity index (χ3v) is 4.36. The molecule has 0 aromatic heterocycles. The van der Waals surface area contributed by atoms with Gasteiger partial charge in [-0.1, -0.05) is 25.7 Å². The molecule has 0 aliphatic heterocycles. The average molecular weight is 331 g/mol. The lowest BCUT2D eigenvalue weighted by molar-refractivity contribution is -0.124. The van der Waals surface area contributed by atoms with Crippen LogP contribution in [0.2, 0.25) is 0 Å². The Morgan fingerprint density at radius 3 is 2.33 bits per heavy atom. The summed E-state index contributed by atoms with van der Waals surface area (Å²) in [6, 6.07) is 6.58. The second-order valence-corrected chi connectivity index (χ2v) is 6.17. The summed E-state index contributed by atoms with van der Waals surface area (Å²) in [7, 11) is 1.56. The van der Waals surface area contributed by atoms with Crippen LogP contribution in [0.3, 0.4) is 0 Å². The van der Waals surface area contributed by atoms with Gasteiger partial charge in [-0.2, -0.15) is 0 Å². The summed E-state index contributed by atoms with van der Waals surface area (Å²) >= 11 is 0. The smallest absolute Gasteiger partial charge is 0.251 e. The van der Waals surface area contributed by atoms with Crippen molar-refractivity contribution < 1.29 is 14.4 Å². The minimum absolute atomic E-state index is 0.0410. The van der Waals surface area contributed by atoms with Crippen LogP contribution in [0.4, 0.5) is 5.69 Å². The molecule has 1 aromatic carbocycles. The third kappa shape index (κ3) is 5.68. The quantitative estimate of drug-likeness (QED) is 0.715. The van der Waals surface area contributed by atoms with Crippen LogP contribution < -0.4 is 16.0 Å². The van der Waals surface area contributed by atoms with Gasteiger partial charge in [-0.3, -0.25) is 14.4 Å². The van der Waals surface area contributed by atoms with Crippen molar-refractivity contribution in [3.05, 3.63) is 29.8 Å². The standard InChI is InChI=1S/C18H25N3O3/c1-19-18(24)14-7-9-15(10-8-14)21-17(23)12-20-16(22)11-6-13-4-2-3-5-13/h7-10,13H,2-6,11-12H2,1H3,(H,19,24)(H,20,22)(H,21,23). The molecule has 1 fully saturated rings. The van der Waals surface area contributed by atoms with Gasteiger partial charge in [0.05, 0.1) is 6.54 Å². The Labute approximate surface area is 142 Å². The van der Waals surface area contributed by atoms with E-state index in [0.29, 0.717) is 23.6 Å². The van der Waals surface area contributed by atoms with Crippen LogP contribution in [-0.2, 0) is 9.59 Å². The summed E-state index contributed by atoms with van der Waals surface area (Å²) in [4.78, 5) is 35.1. The highest BCUT2D eigenvalue weighted by Gasteiger charge is 2.16. The molecule has 0 spiro atoms. The highest BCUT2D eigenvalue weighted by Crippen LogP contribution is 2.28. The maximum atomic E-state index is 11.8. The number of rotatable bonds is 7. The van der Waals surface area contributed by atoms with Crippen LogP contribution in [-0.4, -0.2) is 31.3 Å². The van der Waals surface area contributed by atoms with Gasteiger partial charge in [0.2, 0.25) is 11.8 Å². The van der Waals surface area contributed by atoms with E-state index in [1.54, 1.807) is 31.3 Å². The molecule has 3 N–H and O–H groups in total. The first kappa shape index (κ1) is 18.0. The van der Waals surface area contributed by atoms with Crippen molar-refractivity contribution in [3.8, 4) is 0 Å². The molecule has 1 aliphatic carbocycles. The van der Waals surface area contributed by atoms with Crippen molar-refractivity contribution in [2.45, 2.75) is 38.5 Å². The molecule has 0 radical (unpaired) electrons. The largest absolute Gasteiger partial charge is 0.355 e. The van der Waals surface area contributed by atoms with E-state index in [1.165, 1.54) is 25.7 Å². The molecule has 0 atom stereocenters. The molecule has 2 rings (SSSR count). The number of anilines is 1. The lowest BCUT2D eigenvalue weighted by Crippen LogP contribution is -2.32. The van der Waals surface area contributed by atoms with Crippen molar-refractivity contribution in [2.75, 3.05) is 18.9 Å². The Kier molecular flexibility index (Phi) is 6.78. The first-order valence-corrected chi connectivity index (χ1v) is 8.47. The Bertz CT molecular complexity index is 578. The first-order valence-electron chi connectivity index (χ1n) is 8.47. The van der Waals surface area contributed by atoms with Gasteiger partial charge in [0, 0.05) is 24.7 Å². The first-order chi connectivity index (χ1) is 11.6. The SMILES string of the molecule is CNC(=O)c1ccc(NC(=O)CNC(=O)CCC2CCCC2)cc1. The average Bonchev–Trinajstić information content (AvgIpc) is 3.11. The number of benzene rings is 1. The Morgan fingerprint density at radius 2 is 1.71 bits per heavy atom. The van der Waals surface area contributed by atoms with Gasteiger partial charge < -0.3 is 16.0 Å². The van der Waals surface area contributed by atoms with E-state index in [9.17, 15) is 14.4 Å².